The number of ether oxygens (including phenoxy) is 2. The third kappa shape index (κ3) is 5.38. The fraction of sp³-hybridized carbons (Fsp3) is 0.542. The molecule has 2 saturated heterocycles. The van der Waals surface area contributed by atoms with E-state index >= 15 is 0 Å². The summed E-state index contributed by atoms with van der Waals surface area (Å²) in [5, 5.41) is 0.0505. The highest BCUT2D eigenvalue weighted by atomic mass is 35.5. The maximum atomic E-state index is 14.2. The molecule has 0 N–H and O–H groups in total. The van der Waals surface area contributed by atoms with Gasteiger partial charge in [-0.25, -0.2) is 19.2 Å². The maximum absolute atomic E-state index is 14.2. The Morgan fingerprint density at radius 2 is 1.91 bits per heavy atom. The van der Waals surface area contributed by atoms with Crippen LogP contribution in [0.3, 0.4) is 0 Å². The second-order valence-electron chi connectivity index (χ2n) is 8.47. The van der Waals surface area contributed by atoms with Crippen LogP contribution in [0.2, 0.25) is 5.02 Å². The standard InChI is InChI=1S/C24H30ClFN4O3/c1-3-13-33-17-8-11-29(12-9-17)21-15-22(30-10-4-5-20(30)24(31)32-2)28-23(27-21)16-6-7-18(25)19(26)14-16/h6-7,14-15,17,20H,3-5,8-13H2,1-2H3/t20-/m1/s1. The zero-order valence-corrected chi connectivity index (χ0v) is 19.9. The number of hydrogen-bond acceptors (Lipinski definition) is 7. The molecule has 1 atom stereocenters. The number of rotatable bonds is 7. The van der Waals surface area contributed by atoms with Crippen LogP contribution in [0.15, 0.2) is 24.3 Å². The number of nitrogens with zero attached hydrogens (tertiary/aromatic N) is 4. The zero-order valence-electron chi connectivity index (χ0n) is 19.1. The van der Waals surface area contributed by atoms with Gasteiger partial charge < -0.3 is 19.3 Å². The van der Waals surface area contributed by atoms with Crippen LogP contribution >= 0.6 is 11.6 Å². The topological polar surface area (TPSA) is 67.8 Å². The van der Waals surface area contributed by atoms with Crippen LogP contribution in [-0.2, 0) is 14.3 Å². The summed E-state index contributed by atoms with van der Waals surface area (Å²) in [5.74, 6) is 1.00. The van der Waals surface area contributed by atoms with Crippen molar-refractivity contribution in [2.75, 3.05) is 43.2 Å². The van der Waals surface area contributed by atoms with Crippen molar-refractivity contribution in [2.45, 2.75) is 51.2 Å². The SMILES string of the molecule is CCCOC1CCN(c2cc(N3CCC[C@@H]3C(=O)OC)nc(-c3ccc(Cl)c(F)c3)n2)CC1. The van der Waals surface area contributed by atoms with Gasteiger partial charge in [-0.2, -0.15) is 0 Å². The van der Waals surface area contributed by atoms with Gasteiger partial charge in [0.05, 0.1) is 18.2 Å². The summed E-state index contributed by atoms with van der Waals surface area (Å²) in [5.41, 5.74) is 0.537. The first-order valence-electron chi connectivity index (χ1n) is 11.6. The van der Waals surface area contributed by atoms with E-state index < -0.39 is 5.82 Å². The predicted molar refractivity (Wildman–Crippen MR) is 126 cm³/mol. The minimum atomic E-state index is -0.521. The molecule has 2 aromatic rings. The Kier molecular flexibility index (Phi) is 7.65. The Morgan fingerprint density at radius 3 is 2.61 bits per heavy atom. The van der Waals surface area contributed by atoms with E-state index in [0.29, 0.717) is 30.2 Å². The van der Waals surface area contributed by atoms with Crippen molar-refractivity contribution >= 4 is 29.2 Å². The van der Waals surface area contributed by atoms with E-state index in [9.17, 15) is 9.18 Å². The number of benzene rings is 1. The Morgan fingerprint density at radius 1 is 1.15 bits per heavy atom. The zero-order chi connectivity index (χ0) is 23.4. The molecule has 0 aliphatic carbocycles. The number of hydrogen-bond donors (Lipinski definition) is 0. The van der Waals surface area contributed by atoms with Crippen LogP contribution in [0.4, 0.5) is 16.0 Å². The Labute approximate surface area is 198 Å². The second kappa shape index (κ2) is 10.7. The molecule has 178 valence electrons. The molecule has 2 aliphatic heterocycles. The summed E-state index contributed by atoms with van der Waals surface area (Å²) in [7, 11) is 1.40. The first kappa shape index (κ1) is 23.7. The van der Waals surface area contributed by atoms with Crippen molar-refractivity contribution in [2.24, 2.45) is 0 Å². The lowest BCUT2D eigenvalue weighted by Gasteiger charge is -2.33. The van der Waals surface area contributed by atoms with Crippen LogP contribution in [0.5, 0.6) is 0 Å². The Balaban J connectivity index is 1.67. The van der Waals surface area contributed by atoms with Gasteiger partial charge in [0.15, 0.2) is 5.82 Å². The van der Waals surface area contributed by atoms with Crippen molar-refractivity contribution in [3.8, 4) is 11.4 Å². The third-order valence-corrected chi connectivity index (χ3v) is 6.53. The summed E-state index contributed by atoms with van der Waals surface area (Å²) in [6.45, 7) is 5.19. The average Bonchev–Trinajstić information content (AvgIpc) is 3.34. The third-order valence-electron chi connectivity index (χ3n) is 6.22. The largest absolute Gasteiger partial charge is 0.467 e. The quantitative estimate of drug-likeness (QED) is 0.546. The molecule has 0 spiro atoms. The number of anilines is 2. The van der Waals surface area contributed by atoms with Gasteiger partial charge in [-0.05, 0) is 50.3 Å². The minimum Gasteiger partial charge on any atom is -0.467 e. The molecule has 0 saturated carbocycles. The summed E-state index contributed by atoms with van der Waals surface area (Å²) < 4.78 is 25.1. The summed E-state index contributed by atoms with van der Waals surface area (Å²) in [4.78, 5) is 26.0. The van der Waals surface area contributed by atoms with Crippen LogP contribution < -0.4 is 9.80 Å². The number of esters is 1. The normalized spacial score (nSPS) is 19.2. The molecule has 2 aliphatic rings. The van der Waals surface area contributed by atoms with E-state index in [0.717, 1.165) is 51.2 Å². The summed E-state index contributed by atoms with van der Waals surface area (Å²) in [6.07, 6.45) is 4.67. The van der Waals surface area contributed by atoms with Gasteiger partial charge in [0.2, 0.25) is 0 Å². The monoisotopic (exact) mass is 476 g/mol. The molecule has 0 radical (unpaired) electrons. The molecule has 33 heavy (non-hydrogen) atoms. The van der Waals surface area contributed by atoms with Gasteiger partial charge >= 0.3 is 5.97 Å². The van der Waals surface area contributed by atoms with Gasteiger partial charge in [0.1, 0.15) is 23.5 Å². The smallest absolute Gasteiger partial charge is 0.328 e. The molecule has 0 unspecified atom stereocenters. The number of methoxy groups -OCH3 is 1. The van der Waals surface area contributed by atoms with Gasteiger partial charge in [0.25, 0.3) is 0 Å². The molecule has 0 bridgehead atoms. The average molecular weight is 477 g/mol. The fourth-order valence-corrected chi connectivity index (χ4v) is 4.57. The number of aromatic nitrogens is 2. The highest BCUT2D eigenvalue weighted by Gasteiger charge is 2.33. The van der Waals surface area contributed by atoms with Crippen LogP contribution in [0, 0.1) is 5.82 Å². The van der Waals surface area contributed by atoms with Crippen molar-refractivity contribution in [1.29, 1.82) is 0 Å². The summed E-state index contributed by atoms with van der Waals surface area (Å²) >= 11 is 5.88. The molecule has 9 heteroatoms. The molecular formula is C24H30ClFN4O3. The fourth-order valence-electron chi connectivity index (χ4n) is 4.45. The number of piperidine rings is 1. The number of carbonyl (C=O) groups is 1. The van der Waals surface area contributed by atoms with E-state index in [1.54, 1.807) is 6.07 Å². The molecule has 2 fully saturated rings. The molecular weight excluding hydrogens is 447 g/mol. The van der Waals surface area contributed by atoms with Gasteiger partial charge in [-0.15, -0.1) is 0 Å². The van der Waals surface area contributed by atoms with Crippen LogP contribution in [0.25, 0.3) is 11.4 Å². The molecule has 1 aromatic heterocycles. The molecule has 7 nitrogen and oxygen atoms in total. The number of carbonyl (C=O) groups excluding carboxylic acids is 1. The molecule has 4 rings (SSSR count). The van der Waals surface area contributed by atoms with Crippen molar-refractivity contribution < 1.29 is 18.7 Å². The van der Waals surface area contributed by atoms with Crippen LogP contribution in [0.1, 0.15) is 39.0 Å². The number of halogens is 2. The highest BCUT2D eigenvalue weighted by Crippen LogP contribution is 2.32. The van der Waals surface area contributed by atoms with E-state index in [1.165, 1.54) is 19.2 Å². The molecule has 3 heterocycles. The highest BCUT2D eigenvalue weighted by molar-refractivity contribution is 6.30. The maximum Gasteiger partial charge on any atom is 0.328 e. The second-order valence-corrected chi connectivity index (χ2v) is 8.88. The van der Waals surface area contributed by atoms with Crippen molar-refractivity contribution in [3.63, 3.8) is 0 Å². The van der Waals surface area contributed by atoms with Crippen molar-refractivity contribution in [3.05, 3.63) is 35.1 Å². The lowest BCUT2D eigenvalue weighted by atomic mass is 10.1. The van der Waals surface area contributed by atoms with Gasteiger partial charge in [0, 0.05) is 37.9 Å². The minimum absolute atomic E-state index is 0.0505. The van der Waals surface area contributed by atoms with Gasteiger partial charge in [-0.1, -0.05) is 18.5 Å². The van der Waals surface area contributed by atoms with Crippen LogP contribution in [-0.4, -0.2) is 61.4 Å². The lowest BCUT2D eigenvalue weighted by molar-refractivity contribution is -0.141. The Bertz CT molecular complexity index is 984. The summed E-state index contributed by atoms with van der Waals surface area (Å²) in [6, 6.07) is 6.09. The lowest BCUT2D eigenvalue weighted by Crippen LogP contribution is -2.39. The Hall–Kier alpha value is -2.45. The van der Waals surface area contributed by atoms with E-state index in [1.807, 2.05) is 11.0 Å². The molecule has 0 amide bonds. The van der Waals surface area contributed by atoms with Crippen molar-refractivity contribution in [1.82, 2.24) is 9.97 Å². The predicted octanol–water partition coefficient (Wildman–Crippen LogP) is 4.47. The first-order chi connectivity index (χ1) is 16.0. The van der Waals surface area contributed by atoms with E-state index in [2.05, 4.69) is 11.8 Å². The molecule has 1 aromatic carbocycles. The van der Waals surface area contributed by atoms with E-state index in [-0.39, 0.29) is 23.1 Å². The van der Waals surface area contributed by atoms with Gasteiger partial charge in [-0.3, -0.25) is 0 Å². The first-order valence-corrected chi connectivity index (χ1v) is 11.9. The van der Waals surface area contributed by atoms with E-state index in [4.69, 9.17) is 31.0 Å².